The molecule has 0 N–H and O–H groups in total. The summed E-state index contributed by atoms with van der Waals surface area (Å²) in [5, 5.41) is 0. The Labute approximate surface area is 213 Å². The molecule has 35 heavy (non-hydrogen) atoms. The molecule has 0 amide bonds. The van der Waals surface area contributed by atoms with E-state index < -0.39 is 0 Å². The van der Waals surface area contributed by atoms with E-state index in [0.29, 0.717) is 5.56 Å². The maximum atomic E-state index is 11.6. The van der Waals surface area contributed by atoms with Gasteiger partial charge >= 0.3 is 5.97 Å². The van der Waals surface area contributed by atoms with Crippen LogP contribution in [0.4, 0.5) is 0 Å². The molecule has 2 rings (SSSR count). The smallest absolute Gasteiger partial charge is 0.337 e. The van der Waals surface area contributed by atoms with Crippen LogP contribution in [0, 0.1) is 0 Å². The Hall–Kier alpha value is -2.81. The van der Waals surface area contributed by atoms with Gasteiger partial charge in [-0.2, -0.15) is 0 Å². The topological polar surface area (TPSA) is 35.5 Å². The van der Waals surface area contributed by atoms with Gasteiger partial charge in [0.2, 0.25) is 0 Å². The van der Waals surface area contributed by atoms with Crippen molar-refractivity contribution in [2.24, 2.45) is 0 Å². The average molecular weight is 477 g/mol. The molecule has 2 aromatic carbocycles. The second kappa shape index (κ2) is 18.5. The first-order valence-corrected chi connectivity index (χ1v) is 13.5. The molecule has 190 valence electrons. The molecule has 2 aromatic rings. The Bertz CT molecular complexity index is 863. The Morgan fingerprint density at radius 1 is 0.686 bits per heavy atom. The minimum Gasteiger partial charge on any atom is -0.494 e. The molecule has 0 fully saturated rings. The first kappa shape index (κ1) is 28.4. The Kier molecular flexibility index (Phi) is 15.0. The summed E-state index contributed by atoms with van der Waals surface area (Å²) in [4.78, 5) is 11.6. The van der Waals surface area contributed by atoms with E-state index >= 15 is 0 Å². The number of benzene rings is 2. The molecule has 0 atom stereocenters. The monoisotopic (exact) mass is 476 g/mol. The maximum Gasteiger partial charge on any atom is 0.337 e. The molecule has 0 heterocycles. The van der Waals surface area contributed by atoms with Gasteiger partial charge in [0, 0.05) is 0 Å². The van der Waals surface area contributed by atoms with Crippen LogP contribution in [-0.2, 0) is 4.74 Å². The van der Waals surface area contributed by atoms with E-state index in [2.05, 4.69) is 43.4 Å². The third-order valence-corrected chi connectivity index (χ3v) is 6.11. The number of hydrogen-bond donors (Lipinski definition) is 0. The van der Waals surface area contributed by atoms with Crippen molar-refractivity contribution in [1.29, 1.82) is 0 Å². The summed E-state index contributed by atoms with van der Waals surface area (Å²) in [5.41, 5.74) is 2.72. The molecule has 3 heteroatoms. The average Bonchev–Trinajstić information content (AvgIpc) is 2.90. The Morgan fingerprint density at radius 2 is 1.23 bits per heavy atom. The lowest BCUT2D eigenvalue weighted by molar-refractivity contribution is 0.0600. The third-order valence-electron chi connectivity index (χ3n) is 6.11. The molecule has 0 spiro atoms. The van der Waals surface area contributed by atoms with E-state index in [9.17, 15) is 4.79 Å². The zero-order valence-electron chi connectivity index (χ0n) is 21.8. The quantitative estimate of drug-likeness (QED) is 0.122. The highest BCUT2D eigenvalue weighted by Crippen LogP contribution is 2.23. The summed E-state index contributed by atoms with van der Waals surface area (Å²) in [6.45, 7) is 3.02. The van der Waals surface area contributed by atoms with Crippen LogP contribution in [0.5, 0.6) is 5.75 Å². The second-order valence-corrected chi connectivity index (χ2v) is 9.03. The molecule has 0 saturated heterocycles. The van der Waals surface area contributed by atoms with Gasteiger partial charge in [-0.15, -0.1) is 0 Å². The summed E-state index contributed by atoms with van der Waals surface area (Å²) in [6, 6.07) is 15.6. The van der Waals surface area contributed by atoms with Crippen molar-refractivity contribution in [3.63, 3.8) is 0 Å². The van der Waals surface area contributed by atoms with Crippen LogP contribution in [0.3, 0.4) is 0 Å². The molecule has 0 aliphatic carbocycles. The van der Waals surface area contributed by atoms with Crippen molar-refractivity contribution in [2.45, 2.75) is 84.0 Å². The molecular weight excluding hydrogens is 432 g/mol. The molecular formula is C32H44O3. The first-order chi connectivity index (χ1) is 17.2. The van der Waals surface area contributed by atoms with Crippen molar-refractivity contribution >= 4 is 5.97 Å². The zero-order valence-corrected chi connectivity index (χ0v) is 21.8. The fourth-order valence-corrected chi connectivity index (χ4v) is 3.94. The SMILES string of the molecule is CCCCC/C=C\C/C=C\CCCCCCCCOc1ccc(-c2ccc(C(=O)OC)cc2)cc1. The molecule has 0 radical (unpaired) electrons. The summed E-state index contributed by atoms with van der Waals surface area (Å²) in [6.07, 6.45) is 24.3. The molecule has 0 aromatic heterocycles. The summed E-state index contributed by atoms with van der Waals surface area (Å²) < 4.78 is 10.7. The lowest BCUT2D eigenvalue weighted by Gasteiger charge is -2.08. The van der Waals surface area contributed by atoms with Gasteiger partial charge in [0.05, 0.1) is 19.3 Å². The number of rotatable bonds is 18. The van der Waals surface area contributed by atoms with Crippen molar-refractivity contribution in [2.75, 3.05) is 13.7 Å². The van der Waals surface area contributed by atoms with Gasteiger partial charge in [0.25, 0.3) is 0 Å². The molecule has 3 nitrogen and oxygen atoms in total. The zero-order chi connectivity index (χ0) is 25.0. The molecule has 0 unspecified atom stereocenters. The molecule has 0 bridgehead atoms. The van der Waals surface area contributed by atoms with Crippen molar-refractivity contribution in [3.05, 3.63) is 78.4 Å². The van der Waals surface area contributed by atoms with Crippen molar-refractivity contribution in [1.82, 2.24) is 0 Å². The predicted octanol–water partition coefficient (Wildman–Crippen LogP) is 9.33. The predicted molar refractivity (Wildman–Crippen MR) is 148 cm³/mol. The number of esters is 1. The van der Waals surface area contributed by atoms with Crippen LogP contribution in [0.25, 0.3) is 11.1 Å². The standard InChI is InChI=1S/C32H44O3/c1-3-4-5-6-7-8-9-10-11-12-13-14-15-16-17-18-27-35-31-25-23-29(24-26-31)28-19-21-30(22-20-28)32(33)34-2/h7-8,10-11,19-26H,3-6,9,12-18,27H2,1-2H3/b8-7-,11-10-. The number of carbonyl (C=O) groups is 1. The van der Waals surface area contributed by atoms with Gasteiger partial charge in [-0.05, 0) is 73.9 Å². The van der Waals surface area contributed by atoms with Crippen LogP contribution in [0.1, 0.15) is 94.3 Å². The third kappa shape index (κ3) is 12.5. The minimum atomic E-state index is -0.315. The first-order valence-electron chi connectivity index (χ1n) is 13.5. The van der Waals surface area contributed by atoms with Gasteiger partial charge in [0.1, 0.15) is 5.75 Å². The summed E-state index contributed by atoms with van der Waals surface area (Å²) >= 11 is 0. The van der Waals surface area contributed by atoms with Crippen LogP contribution < -0.4 is 4.74 Å². The molecule has 0 aliphatic heterocycles. The summed E-state index contributed by atoms with van der Waals surface area (Å²) in [5.74, 6) is 0.590. The Balaban J connectivity index is 1.48. The van der Waals surface area contributed by atoms with Crippen molar-refractivity contribution < 1.29 is 14.3 Å². The van der Waals surface area contributed by atoms with Crippen LogP contribution in [0.15, 0.2) is 72.8 Å². The lowest BCUT2D eigenvalue weighted by atomic mass is 10.0. The van der Waals surface area contributed by atoms with E-state index in [1.165, 1.54) is 71.3 Å². The van der Waals surface area contributed by atoms with Gasteiger partial charge in [-0.3, -0.25) is 0 Å². The number of carbonyl (C=O) groups excluding carboxylic acids is 1. The van der Waals surface area contributed by atoms with Crippen molar-refractivity contribution in [3.8, 4) is 16.9 Å². The van der Waals surface area contributed by atoms with Gasteiger partial charge in [-0.25, -0.2) is 4.79 Å². The number of methoxy groups -OCH3 is 1. The van der Waals surface area contributed by atoms with Crippen LogP contribution >= 0.6 is 0 Å². The second-order valence-electron chi connectivity index (χ2n) is 9.03. The number of allylic oxidation sites excluding steroid dienone is 4. The van der Waals surface area contributed by atoms with E-state index in [1.807, 2.05) is 24.3 Å². The van der Waals surface area contributed by atoms with E-state index in [1.54, 1.807) is 12.1 Å². The van der Waals surface area contributed by atoms with Crippen LogP contribution in [-0.4, -0.2) is 19.7 Å². The van der Waals surface area contributed by atoms with Gasteiger partial charge < -0.3 is 9.47 Å². The maximum absolute atomic E-state index is 11.6. The normalized spacial score (nSPS) is 11.4. The van der Waals surface area contributed by atoms with Gasteiger partial charge in [0.15, 0.2) is 0 Å². The highest BCUT2D eigenvalue weighted by Gasteiger charge is 2.05. The fourth-order valence-electron chi connectivity index (χ4n) is 3.94. The van der Waals surface area contributed by atoms with E-state index in [4.69, 9.17) is 9.47 Å². The minimum absolute atomic E-state index is 0.315. The van der Waals surface area contributed by atoms with E-state index in [-0.39, 0.29) is 5.97 Å². The molecule has 0 saturated carbocycles. The number of ether oxygens (including phenoxy) is 2. The molecule has 0 aliphatic rings. The largest absolute Gasteiger partial charge is 0.494 e. The fraction of sp³-hybridized carbons (Fsp3) is 0.469. The lowest BCUT2D eigenvalue weighted by Crippen LogP contribution is -2.00. The van der Waals surface area contributed by atoms with Crippen LogP contribution in [0.2, 0.25) is 0 Å². The van der Waals surface area contributed by atoms with Gasteiger partial charge in [-0.1, -0.05) is 94.0 Å². The van der Waals surface area contributed by atoms with E-state index in [0.717, 1.165) is 36.3 Å². The highest BCUT2D eigenvalue weighted by molar-refractivity contribution is 5.89. The number of unbranched alkanes of at least 4 members (excludes halogenated alkanes) is 9. The number of hydrogen-bond acceptors (Lipinski definition) is 3. The highest BCUT2D eigenvalue weighted by atomic mass is 16.5. The Morgan fingerprint density at radius 3 is 1.83 bits per heavy atom. The summed E-state index contributed by atoms with van der Waals surface area (Å²) in [7, 11) is 1.39.